The van der Waals surface area contributed by atoms with E-state index in [2.05, 4.69) is 0 Å². The van der Waals surface area contributed by atoms with Crippen molar-refractivity contribution in [1.82, 2.24) is 0 Å². The monoisotopic (exact) mass is 506 g/mol. The Bertz CT molecular complexity index is 880. The summed E-state index contributed by atoms with van der Waals surface area (Å²) in [7, 11) is 0. The molecule has 2 aliphatic heterocycles. The number of rotatable bonds is 9. The summed E-state index contributed by atoms with van der Waals surface area (Å²) in [6.07, 6.45) is -11.2. The lowest BCUT2D eigenvalue weighted by Crippen LogP contribution is -2.63. The van der Waals surface area contributed by atoms with Crippen LogP contribution in [0, 0.1) is 0 Å². The number of ether oxygens (including phenoxy) is 7. The van der Waals surface area contributed by atoms with Crippen LogP contribution >= 0.6 is 0 Å². The Hall–Kier alpha value is -3.43. The SMILES string of the molecule is CC(=O)OC[C@H]1O[C@@H](OC2=C(O)[C@@H]([C@@H](O)CO)OC2=O)[C@H](OC(C)=O)[C@@H](OC(C)=O)[C@@H]1OC(C)=O. The predicted molar refractivity (Wildman–Crippen MR) is 106 cm³/mol. The minimum Gasteiger partial charge on any atom is -0.505 e. The fourth-order valence-corrected chi connectivity index (χ4v) is 3.32. The molecule has 2 heterocycles. The van der Waals surface area contributed by atoms with Gasteiger partial charge in [0, 0.05) is 27.7 Å². The molecule has 7 atom stereocenters. The maximum Gasteiger partial charge on any atom is 0.378 e. The van der Waals surface area contributed by atoms with Crippen molar-refractivity contribution >= 4 is 29.8 Å². The lowest BCUT2D eigenvalue weighted by molar-refractivity contribution is -0.300. The molecule has 2 rings (SSSR count). The Morgan fingerprint density at radius 2 is 1.46 bits per heavy atom. The number of esters is 5. The highest BCUT2D eigenvalue weighted by Gasteiger charge is 2.54. The van der Waals surface area contributed by atoms with E-state index < -0.39 is 97.5 Å². The van der Waals surface area contributed by atoms with Crippen LogP contribution in [0.2, 0.25) is 0 Å². The molecule has 3 N–H and O–H groups in total. The van der Waals surface area contributed by atoms with E-state index >= 15 is 0 Å². The van der Waals surface area contributed by atoms with Gasteiger partial charge in [-0.3, -0.25) is 19.2 Å². The van der Waals surface area contributed by atoms with Crippen molar-refractivity contribution in [3.63, 3.8) is 0 Å². The molecule has 2 aliphatic rings. The summed E-state index contributed by atoms with van der Waals surface area (Å²) in [4.78, 5) is 58.9. The zero-order chi connectivity index (χ0) is 26.4. The fraction of sp³-hybridized carbons (Fsp3) is 0.650. The van der Waals surface area contributed by atoms with Gasteiger partial charge in [-0.1, -0.05) is 0 Å². The molecule has 15 nitrogen and oxygen atoms in total. The maximum absolute atomic E-state index is 12.2. The zero-order valence-electron chi connectivity index (χ0n) is 19.2. The first kappa shape index (κ1) is 27.8. The van der Waals surface area contributed by atoms with Gasteiger partial charge >= 0.3 is 29.8 Å². The minimum atomic E-state index is -1.80. The number of cyclic esters (lactones) is 1. The van der Waals surface area contributed by atoms with Crippen LogP contribution in [0.1, 0.15) is 27.7 Å². The van der Waals surface area contributed by atoms with Crippen LogP contribution in [-0.4, -0.2) is 101 Å². The molecular formula is C20H26O15. The van der Waals surface area contributed by atoms with Gasteiger partial charge in [-0.15, -0.1) is 0 Å². The van der Waals surface area contributed by atoms with Gasteiger partial charge < -0.3 is 48.5 Å². The van der Waals surface area contributed by atoms with E-state index in [-0.39, 0.29) is 0 Å². The second kappa shape index (κ2) is 11.8. The van der Waals surface area contributed by atoms with Crippen LogP contribution in [0.25, 0.3) is 0 Å². The zero-order valence-corrected chi connectivity index (χ0v) is 19.2. The van der Waals surface area contributed by atoms with Gasteiger partial charge in [0.1, 0.15) is 18.8 Å². The molecule has 15 heteroatoms. The molecule has 0 amide bonds. The Balaban J connectivity index is 2.49. The van der Waals surface area contributed by atoms with E-state index in [9.17, 15) is 34.2 Å². The van der Waals surface area contributed by atoms with Crippen molar-refractivity contribution in [1.29, 1.82) is 0 Å². The van der Waals surface area contributed by atoms with Crippen LogP contribution in [0.5, 0.6) is 0 Å². The van der Waals surface area contributed by atoms with Crippen LogP contribution < -0.4 is 0 Å². The minimum absolute atomic E-state index is 0.543. The van der Waals surface area contributed by atoms with Crippen LogP contribution in [0.4, 0.5) is 0 Å². The molecule has 0 radical (unpaired) electrons. The summed E-state index contributed by atoms with van der Waals surface area (Å²) < 4.78 is 36.3. The molecule has 196 valence electrons. The van der Waals surface area contributed by atoms with Crippen molar-refractivity contribution in [3.8, 4) is 0 Å². The van der Waals surface area contributed by atoms with Crippen LogP contribution in [-0.2, 0) is 57.1 Å². The number of carbonyl (C=O) groups is 5. The average Bonchev–Trinajstić information content (AvgIpc) is 3.03. The Labute approximate surface area is 198 Å². The molecule has 0 unspecified atom stereocenters. The normalized spacial score (nSPS) is 29.0. The fourth-order valence-electron chi connectivity index (χ4n) is 3.32. The molecule has 0 bridgehead atoms. The van der Waals surface area contributed by atoms with Gasteiger partial charge in [-0.25, -0.2) is 4.79 Å². The van der Waals surface area contributed by atoms with Crippen molar-refractivity contribution in [2.24, 2.45) is 0 Å². The highest BCUT2D eigenvalue weighted by Crippen LogP contribution is 2.33. The topological polar surface area (TPSA) is 211 Å². The number of carbonyl (C=O) groups excluding carboxylic acids is 5. The molecule has 0 saturated carbocycles. The van der Waals surface area contributed by atoms with Gasteiger partial charge in [-0.2, -0.15) is 0 Å². The molecule has 0 aromatic carbocycles. The number of hydrogen-bond donors (Lipinski definition) is 3. The van der Waals surface area contributed by atoms with E-state index in [4.69, 9.17) is 38.3 Å². The Morgan fingerprint density at radius 3 is 1.97 bits per heavy atom. The third-order valence-corrected chi connectivity index (χ3v) is 4.64. The summed E-state index contributed by atoms with van der Waals surface area (Å²) in [5, 5.41) is 29.1. The van der Waals surface area contributed by atoms with E-state index in [1.165, 1.54) is 0 Å². The van der Waals surface area contributed by atoms with Crippen molar-refractivity contribution < 1.29 is 72.5 Å². The first-order valence-corrected chi connectivity index (χ1v) is 10.3. The Morgan fingerprint density at radius 1 is 0.914 bits per heavy atom. The summed E-state index contributed by atoms with van der Waals surface area (Å²) in [5.41, 5.74) is 0. The van der Waals surface area contributed by atoms with Crippen LogP contribution in [0.3, 0.4) is 0 Å². The second-order valence-corrected chi connectivity index (χ2v) is 7.48. The van der Waals surface area contributed by atoms with Gasteiger partial charge in [0.15, 0.2) is 24.1 Å². The molecular weight excluding hydrogens is 480 g/mol. The number of hydrogen-bond acceptors (Lipinski definition) is 15. The van der Waals surface area contributed by atoms with Gasteiger partial charge in [0.25, 0.3) is 0 Å². The van der Waals surface area contributed by atoms with Gasteiger partial charge in [-0.05, 0) is 0 Å². The molecule has 1 saturated heterocycles. The number of aliphatic hydroxyl groups excluding tert-OH is 3. The molecule has 0 aliphatic carbocycles. The summed E-state index contributed by atoms with van der Waals surface area (Å²) in [6.45, 7) is 2.74. The quantitative estimate of drug-likeness (QED) is 0.231. The molecule has 0 aromatic rings. The smallest absolute Gasteiger partial charge is 0.378 e. The van der Waals surface area contributed by atoms with E-state index in [1.54, 1.807) is 0 Å². The molecule has 0 spiro atoms. The number of aliphatic hydroxyl groups is 3. The third-order valence-electron chi connectivity index (χ3n) is 4.64. The summed E-state index contributed by atoms with van der Waals surface area (Å²) >= 11 is 0. The van der Waals surface area contributed by atoms with Crippen molar-refractivity contribution in [2.75, 3.05) is 13.2 Å². The molecule has 35 heavy (non-hydrogen) atoms. The van der Waals surface area contributed by atoms with Crippen molar-refractivity contribution in [3.05, 3.63) is 11.5 Å². The van der Waals surface area contributed by atoms with E-state index in [0.717, 1.165) is 27.7 Å². The first-order chi connectivity index (χ1) is 16.3. The average molecular weight is 506 g/mol. The largest absolute Gasteiger partial charge is 0.505 e. The van der Waals surface area contributed by atoms with E-state index in [0.29, 0.717) is 0 Å². The lowest BCUT2D eigenvalue weighted by Gasteiger charge is -2.43. The lowest BCUT2D eigenvalue weighted by atomic mass is 9.98. The summed E-state index contributed by atoms with van der Waals surface area (Å²) in [6, 6.07) is 0. The third kappa shape index (κ3) is 7.03. The van der Waals surface area contributed by atoms with Gasteiger partial charge in [0.05, 0.1) is 6.61 Å². The molecule has 1 fully saturated rings. The van der Waals surface area contributed by atoms with Crippen LogP contribution in [0.15, 0.2) is 11.5 Å². The van der Waals surface area contributed by atoms with E-state index in [1.807, 2.05) is 0 Å². The first-order valence-electron chi connectivity index (χ1n) is 10.3. The van der Waals surface area contributed by atoms with Gasteiger partial charge in [0.2, 0.25) is 18.2 Å². The highest BCUT2D eigenvalue weighted by atomic mass is 16.7. The predicted octanol–water partition coefficient (Wildman–Crippen LogP) is -1.87. The maximum atomic E-state index is 12.2. The summed E-state index contributed by atoms with van der Waals surface area (Å²) in [5.74, 6) is -6.39. The molecule has 0 aromatic heterocycles. The highest BCUT2D eigenvalue weighted by molar-refractivity contribution is 5.89. The Kier molecular flexibility index (Phi) is 9.39. The standard InChI is InChI=1S/C20H26O15/c1-7(22)29-6-12-15(30-8(2)23)17(31-9(3)24)18(32-10(4)25)20(33-12)35-16-13(27)14(11(26)5-21)34-19(16)28/h11-12,14-15,17-18,20-21,26-27H,5-6H2,1-4H3/t11-,12+,14+,15+,17-,18+,20-/m0/s1. The van der Waals surface area contributed by atoms with Crippen molar-refractivity contribution in [2.45, 2.75) is 70.6 Å². The second-order valence-electron chi connectivity index (χ2n) is 7.48.